The average Bonchev–Trinajstić information content (AvgIpc) is 2.32. The summed E-state index contributed by atoms with van der Waals surface area (Å²) < 4.78 is 30.5. The number of amides is 1. The van der Waals surface area contributed by atoms with E-state index in [-0.39, 0.29) is 18.2 Å². The second kappa shape index (κ2) is 7.14. The minimum atomic E-state index is -3.27. The van der Waals surface area contributed by atoms with Gasteiger partial charge in [-0.25, -0.2) is 13.2 Å². The quantitative estimate of drug-likeness (QED) is 0.824. The van der Waals surface area contributed by atoms with Gasteiger partial charge in [-0.15, -0.1) is 0 Å². The maximum atomic E-state index is 12.1. The smallest absolute Gasteiger partial charge is 0.410 e. The topological polar surface area (TPSA) is 79.0 Å². The first-order valence-electron chi connectivity index (χ1n) is 7.58. The van der Waals surface area contributed by atoms with Crippen molar-refractivity contribution in [3.8, 4) is 0 Å². The van der Waals surface area contributed by atoms with E-state index in [4.69, 9.17) is 4.74 Å². The Bertz CT molecular complexity index is 485. The van der Waals surface area contributed by atoms with Gasteiger partial charge in [0.25, 0.3) is 0 Å². The van der Waals surface area contributed by atoms with E-state index in [1.54, 1.807) is 4.90 Å². The number of carbonyl (C=O) groups excluding carboxylic acids is 1. The van der Waals surface area contributed by atoms with Crippen LogP contribution in [0.15, 0.2) is 0 Å². The monoisotopic (exact) mass is 335 g/mol. The lowest BCUT2D eigenvalue weighted by Crippen LogP contribution is -2.58. The fraction of sp³-hybridized carbons (Fsp3) is 0.929. The van der Waals surface area contributed by atoms with Gasteiger partial charge in [-0.1, -0.05) is 0 Å². The highest BCUT2D eigenvalue weighted by Crippen LogP contribution is 2.13. The Morgan fingerprint density at radius 1 is 1.41 bits per heavy atom. The van der Waals surface area contributed by atoms with E-state index in [0.29, 0.717) is 26.2 Å². The van der Waals surface area contributed by atoms with Crippen LogP contribution in [0.3, 0.4) is 0 Å². The molecule has 0 aromatic heterocycles. The molecule has 1 amide bonds. The Kier molecular flexibility index (Phi) is 6.23. The van der Waals surface area contributed by atoms with Crippen molar-refractivity contribution in [1.29, 1.82) is 0 Å². The van der Waals surface area contributed by atoms with Crippen molar-refractivity contribution in [2.24, 2.45) is 0 Å². The van der Waals surface area contributed by atoms with Crippen molar-refractivity contribution < 1.29 is 17.9 Å². The molecule has 1 aliphatic rings. The fourth-order valence-corrected chi connectivity index (χ4v) is 3.60. The van der Waals surface area contributed by atoms with Gasteiger partial charge < -0.3 is 15.0 Å². The number of rotatable bonds is 4. The van der Waals surface area contributed by atoms with E-state index in [0.717, 1.165) is 0 Å². The molecule has 1 fully saturated rings. The third-order valence-electron chi connectivity index (χ3n) is 3.31. The molecule has 130 valence electrons. The predicted molar refractivity (Wildman–Crippen MR) is 86.3 cm³/mol. The standard InChI is InChI=1S/C14H29N3O4S/c1-11(2)17(22(6,19)20)10-12-9-16(8-7-15-12)13(18)21-14(3,4)5/h11-12,15H,7-10H2,1-6H3. The molecule has 1 heterocycles. The van der Waals surface area contributed by atoms with E-state index in [9.17, 15) is 13.2 Å². The molecule has 0 aromatic carbocycles. The lowest BCUT2D eigenvalue weighted by Gasteiger charge is -2.37. The van der Waals surface area contributed by atoms with Gasteiger partial charge in [0, 0.05) is 38.3 Å². The number of sulfonamides is 1. The van der Waals surface area contributed by atoms with Crippen LogP contribution in [0, 0.1) is 0 Å². The van der Waals surface area contributed by atoms with Gasteiger partial charge in [0.05, 0.1) is 6.26 Å². The molecule has 1 aliphatic heterocycles. The SMILES string of the molecule is CC(C)N(CC1CN(C(=O)OC(C)(C)C)CCN1)S(C)(=O)=O. The zero-order chi connectivity index (χ0) is 17.1. The summed E-state index contributed by atoms with van der Waals surface area (Å²) in [5.41, 5.74) is -0.534. The molecule has 0 saturated carbocycles. The number of piperazine rings is 1. The van der Waals surface area contributed by atoms with Crippen molar-refractivity contribution in [3.63, 3.8) is 0 Å². The first-order valence-corrected chi connectivity index (χ1v) is 9.43. The molecule has 1 N–H and O–H groups in total. The van der Waals surface area contributed by atoms with Gasteiger partial charge in [-0.05, 0) is 34.6 Å². The molecule has 0 aromatic rings. The molecule has 0 spiro atoms. The molecular weight excluding hydrogens is 306 g/mol. The van der Waals surface area contributed by atoms with Crippen LogP contribution in [0.4, 0.5) is 4.79 Å². The largest absolute Gasteiger partial charge is 0.444 e. The first kappa shape index (κ1) is 19.2. The Morgan fingerprint density at radius 2 is 2.00 bits per heavy atom. The maximum Gasteiger partial charge on any atom is 0.410 e. The summed E-state index contributed by atoms with van der Waals surface area (Å²) in [5, 5.41) is 3.27. The minimum Gasteiger partial charge on any atom is -0.444 e. The molecule has 7 nitrogen and oxygen atoms in total. The lowest BCUT2D eigenvalue weighted by atomic mass is 10.2. The van der Waals surface area contributed by atoms with Gasteiger partial charge in [-0.3, -0.25) is 0 Å². The molecule has 8 heteroatoms. The van der Waals surface area contributed by atoms with Gasteiger partial charge in [-0.2, -0.15) is 4.31 Å². The number of ether oxygens (including phenoxy) is 1. The maximum absolute atomic E-state index is 12.1. The number of hydrogen-bond donors (Lipinski definition) is 1. The van der Waals surface area contributed by atoms with E-state index in [1.807, 2.05) is 34.6 Å². The Labute approximate surface area is 134 Å². The normalized spacial score (nSPS) is 20.5. The molecule has 1 rings (SSSR count). The minimum absolute atomic E-state index is 0.0987. The number of nitrogens with zero attached hydrogens (tertiary/aromatic N) is 2. The molecular formula is C14H29N3O4S. The summed E-state index contributed by atoms with van der Waals surface area (Å²) in [7, 11) is -3.27. The van der Waals surface area contributed by atoms with Crippen LogP contribution < -0.4 is 5.32 Å². The highest BCUT2D eigenvalue weighted by molar-refractivity contribution is 7.88. The van der Waals surface area contributed by atoms with Crippen molar-refractivity contribution in [2.75, 3.05) is 32.4 Å². The van der Waals surface area contributed by atoms with Crippen LogP contribution in [-0.4, -0.2) is 73.8 Å². The summed E-state index contributed by atoms with van der Waals surface area (Å²) in [6.45, 7) is 11.1. The summed E-state index contributed by atoms with van der Waals surface area (Å²) in [5.74, 6) is 0. The van der Waals surface area contributed by atoms with Crippen LogP contribution in [-0.2, 0) is 14.8 Å². The zero-order valence-electron chi connectivity index (χ0n) is 14.4. The van der Waals surface area contributed by atoms with Crippen LogP contribution in [0.5, 0.6) is 0 Å². The van der Waals surface area contributed by atoms with Crippen molar-refractivity contribution >= 4 is 16.1 Å². The highest BCUT2D eigenvalue weighted by Gasteiger charge is 2.30. The molecule has 1 unspecified atom stereocenters. The molecule has 1 atom stereocenters. The van der Waals surface area contributed by atoms with Crippen molar-refractivity contribution in [2.45, 2.75) is 52.3 Å². The van der Waals surface area contributed by atoms with Crippen molar-refractivity contribution in [3.05, 3.63) is 0 Å². The second-order valence-corrected chi connectivity index (χ2v) is 8.94. The lowest BCUT2D eigenvalue weighted by molar-refractivity contribution is 0.0188. The second-order valence-electron chi connectivity index (χ2n) is 7.00. The number of nitrogens with one attached hydrogen (secondary N) is 1. The average molecular weight is 335 g/mol. The molecule has 22 heavy (non-hydrogen) atoms. The number of carbonyl (C=O) groups is 1. The fourth-order valence-electron chi connectivity index (χ4n) is 2.39. The van der Waals surface area contributed by atoms with Crippen LogP contribution >= 0.6 is 0 Å². The van der Waals surface area contributed by atoms with E-state index in [1.165, 1.54) is 10.6 Å². The van der Waals surface area contributed by atoms with E-state index >= 15 is 0 Å². The van der Waals surface area contributed by atoms with Gasteiger partial charge >= 0.3 is 6.09 Å². The Balaban J connectivity index is 2.69. The molecule has 0 bridgehead atoms. The zero-order valence-corrected chi connectivity index (χ0v) is 15.2. The molecule has 0 aliphatic carbocycles. The summed E-state index contributed by atoms with van der Waals surface area (Å²) >= 11 is 0. The summed E-state index contributed by atoms with van der Waals surface area (Å²) in [6, 6.07) is -0.216. The summed E-state index contributed by atoms with van der Waals surface area (Å²) in [4.78, 5) is 13.8. The Hall–Kier alpha value is -0.860. The van der Waals surface area contributed by atoms with Gasteiger partial charge in [0.2, 0.25) is 10.0 Å². The number of hydrogen-bond acceptors (Lipinski definition) is 5. The first-order chi connectivity index (χ1) is 9.90. The van der Waals surface area contributed by atoms with Gasteiger partial charge in [0.1, 0.15) is 5.60 Å². The van der Waals surface area contributed by atoms with Crippen LogP contribution in [0.2, 0.25) is 0 Å². The third kappa shape index (κ3) is 6.10. The van der Waals surface area contributed by atoms with Gasteiger partial charge in [0.15, 0.2) is 0 Å². The van der Waals surface area contributed by atoms with Crippen molar-refractivity contribution in [1.82, 2.24) is 14.5 Å². The molecule has 0 radical (unpaired) electrons. The summed E-state index contributed by atoms with van der Waals surface area (Å²) in [6.07, 6.45) is 0.857. The van der Waals surface area contributed by atoms with E-state index < -0.39 is 15.6 Å². The highest BCUT2D eigenvalue weighted by atomic mass is 32.2. The van der Waals surface area contributed by atoms with Crippen LogP contribution in [0.25, 0.3) is 0 Å². The predicted octanol–water partition coefficient (Wildman–Crippen LogP) is 0.865. The molecule has 1 saturated heterocycles. The third-order valence-corrected chi connectivity index (χ3v) is 4.73. The van der Waals surface area contributed by atoms with Crippen LogP contribution in [0.1, 0.15) is 34.6 Å². The van der Waals surface area contributed by atoms with E-state index in [2.05, 4.69) is 5.32 Å². The Morgan fingerprint density at radius 3 is 2.45 bits per heavy atom.